The fourth-order valence-corrected chi connectivity index (χ4v) is 2.71. The second-order valence-corrected chi connectivity index (χ2v) is 5.69. The van der Waals surface area contributed by atoms with E-state index in [0.717, 1.165) is 70.7 Å². The third kappa shape index (κ3) is 5.52. The molecule has 1 aromatic heterocycles. The third-order valence-corrected chi connectivity index (χ3v) is 4.03. The summed E-state index contributed by atoms with van der Waals surface area (Å²) in [6, 6.07) is 3.92. The van der Waals surface area contributed by atoms with Crippen LogP contribution in [-0.4, -0.2) is 48.4 Å². The Bertz CT molecular complexity index is 398. The molecule has 0 spiro atoms. The quantitative estimate of drug-likeness (QED) is 0.743. The molecule has 1 aromatic rings. The Hall–Kier alpha value is -1.33. The summed E-state index contributed by atoms with van der Waals surface area (Å²) in [7, 11) is 0. The summed E-state index contributed by atoms with van der Waals surface area (Å²) in [6.45, 7) is 5.13. The molecule has 1 saturated heterocycles. The highest BCUT2D eigenvalue weighted by atomic mass is 16.3. The Kier molecular flexibility index (Phi) is 6.76. The number of hydrogen-bond donors (Lipinski definition) is 1. The lowest BCUT2D eigenvalue weighted by Crippen LogP contribution is -2.48. The van der Waals surface area contributed by atoms with E-state index in [1.54, 1.807) is 6.26 Å². The number of nitrogens with two attached hydrogens (primary N) is 1. The van der Waals surface area contributed by atoms with Crippen LogP contribution in [0.15, 0.2) is 22.8 Å². The van der Waals surface area contributed by atoms with Gasteiger partial charge >= 0.3 is 0 Å². The zero-order chi connectivity index (χ0) is 14.9. The average Bonchev–Trinajstić information content (AvgIpc) is 3.00. The van der Waals surface area contributed by atoms with Gasteiger partial charge in [0, 0.05) is 32.6 Å². The molecule has 5 heteroatoms. The molecular formula is C16H27N3O2. The standard InChI is InChI=1S/C16H27N3O2/c17-8-4-2-1-3-7-16(20)19-11-9-18(10-12-19)14-15-6-5-13-21-15/h5-6,13H,1-4,7-12,14,17H2. The zero-order valence-electron chi connectivity index (χ0n) is 12.8. The van der Waals surface area contributed by atoms with E-state index >= 15 is 0 Å². The van der Waals surface area contributed by atoms with Gasteiger partial charge in [-0.05, 0) is 31.5 Å². The lowest BCUT2D eigenvalue weighted by Gasteiger charge is -2.34. The summed E-state index contributed by atoms with van der Waals surface area (Å²) in [5.41, 5.74) is 5.46. The SMILES string of the molecule is NCCCCCCC(=O)N1CCN(Cc2ccco2)CC1. The van der Waals surface area contributed by atoms with E-state index in [9.17, 15) is 4.79 Å². The minimum atomic E-state index is 0.306. The van der Waals surface area contributed by atoms with E-state index in [-0.39, 0.29) is 0 Å². The van der Waals surface area contributed by atoms with Crippen molar-refractivity contribution in [2.24, 2.45) is 5.73 Å². The first-order valence-corrected chi connectivity index (χ1v) is 8.02. The Morgan fingerprint density at radius 3 is 2.57 bits per heavy atom. The van der Waals surface area contributed by atoms with Gasteiger partial charge in [-0.1, -0.05) is 12.8 Å². The van der Waals surface area contributed by atoms with Crippen molar-refractivity contribution < 1.29 is 9.21 Å². The molecule has 0 atom stereocenters. The molecule has 0 saturated carbocycles. The summed E-state index contributed by atoms with van der Waals surface area (Å²) >= 11 is 0. The van der Waals surface area contributed by atoms with Crippen molar-refractivity contribution in [3.63, 3.8) is 0 Å². The largest absolute Gasteiger partial charge is 0.468 e. The van der Waals surface area contributed by atoms with Gasteiger partial charge in [0.2, 0.25) is 5.91 Å². The van der Waals surface area contributed by atoms with Crippen LogP contribution in [0.4, 0.5) is 0 Å². The second kappa shape index (κ2) is 8.85. The smallest absolute Gasteiger partial charge is 0.222 e. The molecule has 0 aliphatic carbocycles. The molecule has 0 bridgehead atoms. The molecular weight excluding hydrogens is 266 g/mol. The molecule has 0 radical (unpaired) electrons. The molecule has 0 aromatic carbocycles. The maximum absolute atomic E-state index is 12.1. The van der Waals surface area contributed by atoms with Crippen molar-refractivity contribution in [1.29, 1.82) is 0 Å². The molecule has 2 heterocycles. The molecule has 21 heavy (non-hydrogen) atoms. The van der Waals surface area contributed by atoms with Crippen LogP contribution in [-0.2, 0) is 11.3 Å². The van der Waals surface area contributed by atoms with Crippen molar-refractivity contribution in [2.75, 3.05) is 32.7 Å². The van der Waals surface area contributed by atoms with E-state index in [1.807, 2.05) is 17.0 Å². The summed E-state index contributed by atoms with van der Waals surface area (Å²) in [4.78, 5) is 16.5. The minimum Gasteiger partial charge on any atom is -0.468 e. The number of furan rings is 1. The molecule has 0 unspecified atom stereocenters. The normalized spacial score (nSPS) is 16.3. The number of piperazine rings is 1. The van der Waals surface area contributed by atoms with Crippen molar-refractivity contribution in [1.82, 2.24) is 9.80 Å². The van der Waals surface area contributed by atoms with Crippen LogP contribution < -0.4 is 5.73 Å². The van der Waals surface area contributed by atoms with Crippen LogP contribution >= 0.6 is 0 Å². The Morgan fingerprint density at radius 1 is 1.14 bits per heavy atom. The monoisotopic (exact) mass is 293 g/mol. The van der Waals surface area contributed by atoms with Crippen molar-refractivity contribution in [3.05, 3.63) is 24.2 Å². The van der Waals surface area contributed by atoms with Gasteiger partial charge in [-0.25, -0.2) is 0 Å². The van der Waals surface area contributed by atoms with Crippen LogP contribution in [0.2, 0.25) is 0 Å². The van der Waals surface area contributed by atoms with Gasteiger partial charge in [0.25, 0.3) is 0 Å². The molecule has 2 rings (SSSR count). The summed E-state index contributed by atoms with van der Waals surface area (Å²) in [6.07, 6.45) is 6.70. The Morgan fingerprint density at radius 2 is 1.90 bits per heavy atom. The first-order chi connectivity index (χ1) is 10.3. The third-order valence-electron chi connectivity index (χ3n) is 4.03. The molecule has 1 fully saturated rings. The number of carbonyl (C=O) groups is 1. The number of carbonyl (C=O) groups excluding carboxylic acids is 1. The second-order valence-electron chi connectivity index (χ2n) is 5.69. The Balaban J connectivity index is 1.60. The van der Waals surface area contributed by atoms with Crippen LogP contribution in [0.1, 0.15) is 37.9 Å². The van der Waals surface area contributed by atoms with Crippen LogP contribution in [0.25, 0.3) is 0 Å². The summed E-state index contributed by atoms with van der Waals surface area (Å²) in [5.74, 6) is 1.30. The average molecular weight is 293 g/mol. The fourth-order valence-electron chi connectivity index (χ4n) is 2.71. The number of nitrogens with zero attached hydrogens (tertiary/aromatic N) is 2. The van der Waals surface area contributed by atoms with E-state index < -0.39 is 0 Å². The molecule has 5 nitrogen and oxygen atoms in total. The van der Waals surface area contributed by atoms with Crippen LogP contribution in [0, 0.1) is 0 Å². The molecule has 2 N–H and O–H groups in total. The molecule has 118 valence electrons. The predicted molar refractivity (Wildman–Crippen MR) is 82.7 cm³/mol. The van der Waals surface area contributed by atoms with Crippen molar-refractivity contribution in [2.45, 2.75) is 38.6 Å². The van der Waals surface area contributed by atoms with Gasteiger partial charge in [0.1, 0.15) is 5.76 Å². The van der Waals surface area contributed by atoms with Crippen LogP contribution in [0.5, 0.6) is 0 Å². The van der Waals surface area contributed by atoms with Gasteiger partial charge < -0.3 is 15.1 Å². The predicted octanol–water partition coefficient (Wildman–Crippen LogP) is 1.83. The first-order valence-electron chi connectivity index (χ1n) is 8.02. The highest BCUT2D eigenvalue weighted by Crippen LogP contribution is 2.11. The maximum Gasteiger partial charge on any atom is 0.222 e. The highest BCUT2D eigenvalue weighted by molar-refractivity contribution is 5.76. The van der Waals surface area contributed by atoms with Gasteiger partial charge in [-0.3, -0.25) is 9.69 Å². The summed E-state index contributed by atoms with van der Waals surface area (Å²) < 4.78 is 5.36. The van der Waals surface area contributed by atoms with E-state index in [2.05, 4.69) is 4.90 Å². The minimum absolute atomic E-state index is 0.306. The first kappa shape index (κ1) is 16.0. The number of hydrogen-bond acceptors (Lipinski definition) is 4. The van der Waals surface area contributed by atoms with Gasteiger partial charge in [0.15, 0.2) is 0 Å². The molecule has 1 aliphatic heterocycles. The Labute approximate surface area is 127 Å². The fraction of sp³-hybridized carbons (Fsp3) is 0.688. The van der Waals surface area contributed by atoms with Crippen LogP contribution in [0.3, 0.4) is 0 Å². The molecule has 1 aliphatic rings. The van der Waals surface area contributed by atoms with Gasteiger partial charge in [0.05, 0.1) is 12.8 Å². The van der Waals surface area contributed by atoms with E-state index in [0.29, 0.717) is 12.3 Å². The van der Waals surface area contributed by atoms with E-state index in [4.69, 9.17) is 10.2 Å². The van der Waals surface area contributed by atoms with Crippen molar-refractivity contribution in [3.8, 4) is 0 Å². The van der Waals surface area contributed by atoms with E-state index in [1.165, 1.54) is 0 Å². The lowest BCUT2D eigenvalue weighted by molar-refractivity contribution is -0.133. The van der Waals surface area contributed by atoms with Crippen molar-refractivity contribution >= 4 is 5.91 Å². The molecule has 1 amide bonds. The number of rotatable bonds is 8. The number of amides is 1. The highest BCUT2D eigenvalue weighted by Gasteiger charge is 2.21. The topological polar surface area (TPSA) is 62.7 Å². The number of unbranched alkanes of at least 4 members (excludes halogenated alkanes) is 3. The van der Waals surface area contributed by atoms with Gasteiger partial charge in [-0.15, -0.1) is 0 Å². The summed E-state index contributed by atoms with van der Waals surface area (Å²) in [5, 5.41) is 0. The zero-order valence-corrected chi connectivity index (χ0v) is 12.8. The van der Waals surface area contributed by atoms with Gasteiger partial charge in [-0.2, -0.15) is 0 Å². The maximum atomic E-state index is 12.1. The lowest BCUT2D eigenvalue weighted by atomic mass is 10.1.